The molecule has 132 valence electrons. The first kappa shape index (κ1) is 18.8. The van der Waals surface area contributed by atoms with E-state index >= 15 is 0 Å². The van der Waals surface area contributed by atoms with Crippen molar-refractivity contribution < 1.29 is 14.6 Å². The quantitative estimate of drug-likeness (QED) is 0.828. The molecule has 0 saturated heterocycles. The lowest BCUT2D eigenvalue weighted by Gasteiger charge is -2.37. The van der Waals surface area contributed by atoms with E-state index in [2.05, 4.69) is 19.8 Å². The predicted octanol–water partition coefficient (Wildman–Crippen LogP) is 4.30. The number of carbonyl (C=O) groups excluding carboxylic acids is 1. The van der Waals surface area contributed by atoms with Crippen molar-refractivity contribution in [3.05, 3.63) is 21.4 Å². The number of nitrogens with zero attached hydrogens (tertiary/aromatic N) is 1. The number of aliphatic hydroxyl groups excluding tert-OH is 1. The van der Waals surface area contributed by atoms with Gasteiger partial charge in [0.2, 0.25) is 0 Å². The third kappa shape index (κ3) is 4.31. The molecule has 0 radical (unpaired) electrons. The molecule has 1 aliphatic heterocycles. The highest BCUT2D eigenvalue weighted by Crippen LogP contribution is 2.41. The van der Waals surface area contributed by atoms with Gasteiger partial charge >= 0.3 is 6.09 Å². The van der Waals surface area contributed by atoms with E-state index in [1.807, 2.05) is 31.7 Å². The summed E-state index contributed by atoms with van der Waals surface area (Å²) in [6.07, 6.45) is 5.82. The standard InChI is InChI=1S/C19H27NO3S/c1-7-15(21)17-11-13-14(10-12(2)3)20(9-8-16(13)24-17)18(22)23-19(4,5)6/h1,11-12,14-15,21H,8-10H2,2-6H3. The number of hydrogen-bond donors (Lipinski definition) is 1. The highest BCUT2D eigenvalue weighted by Gasteiger charge is 2.35. The second-order valence-corrected chi connectivity index (χ2v) is 8.83. The van der Waals surface area contributed by atoms with Crippen LogP contribution in [0.4, 0.5) is 4.79 Å². The number of fused-ring (bicyclic) bond motifs is 1. The van der Waals surface area contributed by atoms with Crippen molar-refractivity contribution in [2.45, 2.75) is 65.2 Å². The lowest BCUT2D eigenvalue weighted by molar-refractivity contribution is 0.0122. The first-order valence-corrected chi connectivity index (χ1v) is 9.20. The first-order valence-electron chi connectivity index (χ1n) is 8.38. The Hall–Kier alpha value is -1.51. The molecule has 5 heteroatoms. The Bertz CT molecular complexity index is 636. The van der Waals surface area contributed by atoms with Gasteiger partial charge in [-0.3, -0.25) is 0 Å². The molecule has 0 aromatic carbocycles. The molecule has 2 unspecified atom stereocenters. The first-order chi connectivity index (χ1) is 11.1. The zero-order chi connectivity index (χ0) is 18.1. The highest BCUT2D eigenvalue weighted by molar-refractivity contribution is 7.12. The molecule has 1 aromatic heterocycles. The van der Waals surface area contributed by atoms with Gasteiger partial charge in [-0.2, -0.15) is 0 Å². The van der Waals surface area contributed by atoms with E-state index in [1.54, 1.807) is 11.3 Å². The molecule has 2 heterocycles. The minimum absolute atomic E-state index is 0.0291. The summed E-state index contributed by atoms with van der Waals surface area (Å²) in [4.78, 5) is 16.5. The average molecular weight is 349 g/mol. The summed E-state index contributed by atoms with van der Waals surface area (Å²) >= 11 is 1.55. The van der Waals surface area contributed by atoms with Gasteiger partial charge < -0.3 is 14.7 Å². The van der Waals surface area contributed by atoms with E-state index in [-0.39, 0.29) is 12.1 Å². The summed E-state index contributed by atoms with van der Waals surface area (Å²) in [6.45, 7) is 10.6. The SMILES string of the molecule is C#CC(O)c1cc2c(s1)CCN(C(=O)OC(C)(C)C)C2CC(C)C. The third-order valence-electron chi connectivity index (χ3n) is 3.93. The lowest BCUT2D eigenvalue weighted by atomic mass is 9.92. The molecule has 0 spiro atoms. The lowest BCUT2D eigenvalue weighted by Crippen LogP contribution is -2.43. The van der Waals surface area contributed by atoms with Crippen LogP contribution in [0.2, 0.25) is 0 Å². The van der Waals surface area contributed by atoms with Crippen LogP contribution in [0.3, 0.4) is 0 Å². The minimum Gasteiger partial charge on any atom is -0.444 e. The van der Waals surface area contributed by atoms with Crippen LogP contribution in [0, 0.1) is 18.3 Å². The molecule has 0 bridgehead atoms. The number of hydrogen-bond acceptors (Lipinski definition) is 4. The molecule has 1 amide bonds. The van der Waals surface area contributed by atoms with Crippen LogP contribution in [0.5, 0.6) is 0 Å². The number of amides is 1. The molecule has 1 N–H and O–H groups in total. The van der Waals surface area contributed by atoms with E-state index < -0.39 is 11.7 Å². The maximum absolute atomic E-state index is 12.6. The van der Waals surface area contributed by atoms with Crippen LogP contribution >= 0.6 is 11.3 Å². The molecule has 2 rings (SSSR count). The predicted molar refractivity (Wildman–Crippen MR) is 97.0 cm³/mol. The number of aliphatic hydroxyl groups is 1. The maximum atomic E-state index is 12.6. The number of thiophene rings is 1. The third-order valence-corrected chi connectivity index (χ3v) is 5.19. The van der Waals surface area contributed by atoms with E-state index in [1.165, 1.54) is 4.88 Å². The van der Waals surface area contributed by atoms with E-state index in [0.29, 0.717) is 12.5 Å². The number of ether oxygens (including phenoxy) is 1. The number of carbonyl (C=O) groups is 1. The molecule has 0 fully saturated rings. The van der Waals surface area contributed by atoms with Crippen molar-refractivity contribution in [3.63, 3.8) is 0 Å². The zero-order valence-electron chi connectivity index (χ0n) is 15.1. The van der Waals surface area contributed by atoms with Crippen molar-refractivity contribution in [1.82, 2.24) is 4.90 Å². The Morgan fingerprint density at radius 1 is 1.54 bits per heavy atom. The molecule has 4 nitrogen and oxygen atoms in total. The van der Waals surface area contributed by atoms with Gasteiger partial charge in [0.05, 0.1) is 6.04 Å². The molecule has 1 aliphatic rings. The molecule has 24 heavy (non-hydrogen) atoms. The molecule has 1 aromatic rings. The Morgan fingerprint density at radius 2 is 2.21 bits per heavy atom. The van der Waals surface area contributed by atoms with Gasteiger partial charge in [0, 0.05) is 16.3 Å². The smallest absolute Gasteiger partial charge is 0.410 e. The summed E-state index contributed by atoms with van der Waals surface area (Å²) in [6, 6.07) is 1.94. The van der Waals surface area contributed by atoms with Crippen LogP contribution in [-0.2, 0) is 11.2 Å². The molecule has 0 aliphatic carbocycles. The summed E-state index contributed by atoms with van der Waals surface area (Å²) in [7, 11) is 0. The molecule has 2 atom stereocenters. The van der Waals surface area contributed by atoms with E-state index in [9.17, 15) is 9.90 Å². The average Bonchev–Trinajstić information content (AvgIpc) is 2.88. The van der Waals surface area contributed by atoms with Crippen molar-refractivity contribution in [1.29, 1.82) is 0 Å². The molecule has 0 saturated carbocycles. The van der Waals surface area contributed by atoms with Crippen molar-refractivity contribution in [3.8, 4) is 12.3 Å². The second kappa shape index (κ2) is 7.16. The van der Waals surface area contributed by atoms with E-state index in [4.69, 9.17) is 11.2 Å². The maximum Gasteiger partial charge on any atom is 0.410 e. The summed E-state index contributed by atoms with van der Waals surface area (Å²) in [5, 5.41) is 9.94. The fourth-order valence-corrected chi connectivity index (χ4v) is 4.10. The van der Waals surface area contributed by atoms with Gasteiger partial charge in [-0.25, -0.2) is 4.79 Å². The Labute approximate surface area is 148 Å². The minimum atomic E-state index is -0.879. The Morgan fingerprint density at radius 3 is 2.75 bits per heavy atom. The van der Waals surface area contributed by atoms with Crippen LogP contribution in [-0.4, -0.2) is 28.2 Å². The van der Waals surface area contributed by atoms with Crippen molar-refractivity contribution >= 4 is 17.4 Å². The van der Waals surface area contributed by atoms with Crippen molar-refractivity contribution in [2.24, 2.45) is 5.92 Å². The van der Waals surface area contributed by atoms with Gasteiger partial charge in [0.1, 0.15) is 11.7 Å². The van der Waals surface area contributed by atoms with Crippen molar-refractivity contribution in [2.75, 3.05) is 6.54 Å². The molecular formula is C19H27NO3S. The number of terminal acetylenes is 1. The van der Waals surface area contributed by atoms with Gasteiger partial charge in [0.15, 0.2) is 0 Å². The van der Waals surface area contributed by atoms with Gasteiger partial charge in [-0.1, -0.05) is 19.8 Å². The van der Waals surface area contributed by atoms with Crippen LogP contribution in [0.25, 0.3) is 0 Å². The monoisotopic (exact) mass is 349 g/mol. The highest BCUT2D eigenvalue weighted by atomic mass is 32.1. The van der Waals surface area contributed by atoms with Gasteiger partial charge in [0.25, 0.3) is 0 Å². The zero-order valence-corrected chi connectivity index (χ0v) is 15.9. The van der Waals surface area contributed by atoms with E-state index in [0.717, 1.165) is 23.3 Å². The van der Waals surface area contributed by atoms with Gasteiger partial charge in [-0.05, 0) is 51.2 Å². The fraction of sp³-hybridized carbons (Fsp3) is 0.632. The normalized spacial score (nSPS) is 18.9. The summed E-state index contributed by atoms with van der Waals surface area (Å²) < 4.78 is 5.59. The van der Waals surface area contributed by atoms with Crippen LogP contribution in [0.15, 0.2) is 6.07 Å². The summed E-state index contributed by atoms with van der Waals surface area (Å²) in [5.41, 5.74) is 0.592. The Kier molecular flexibility index (Phi) is 5.62. The summed E-state index contributed by atoms with van der Waals surface area (Å²) in [5.74, 6) is 2.81. The van der Waals surface area contributed by atoms with Crippen LogP contribution < -0.4 is 0 Å². The fourth-order valence-electron chi connectivity index (χ4n) is 2.94. The molecular weight excluding hydrogens is 322 g/mol. The largest absolute Gasteiger partial charge is 0.444 e. The van der Waals surface area contributed by atoms with Crippen LogP contribution in [0.1, 0.15) is 68.5 Å². The Balaban J connectivity index is 2.33. The van der Waals surface area contributed by atoms with Gasteiger partial charge in [-0.15, -0.1) is 17.8 Å². The topological polar surface area (TPSA) is 49.8 Å². The second-order valence-electron chi connectivity index (χ2n) is 7.67. The number of rotatable bonds is 3.